The zero-order valence-electron chi connectivity index (χ0n) is 9.00. The lowest BCUT2D eigenvalue weighted by atomic mass is 9.91. The highest BCUT2D eigenvalue weighted by molar-refractivity contribution is 8.00. The minimum atomic E-state index is 0.492. The molecule has 0 aromatic carbocycles. The van der Waals surface area contributed by atoms with Gasteiger partial charge < -0.3 is 0 Å². The molecule has 0 aromatic rings. The van der Waals surface area contributed by atoms with E-state index in [0.717, 1.165) is 30.4 Å². The molecule has 0 amide bonds. The summed E-state index contributed by atoms with van der Waals surface area (Å²) in [7, 11) is 0. The molecule has 80 valence electrons. The largest absolute Gasteiger partial charge is 0.300 e. The zero-order valence-corrected chi connectivity index (χ0v) is 9.81. The first-order valence-corrected chi connectivity index (χ1v) is 6.85. The Hall–Kier alpha value is 0.0200. The quantitative estimate of drug-likeness (QED) is 0.697. The summed E-state index contributed by atoms with van der Waals surface area (Å²) in [5.41, 5.74) is 0. The molecule has 3 unspecified atom stereocenters. The van der Waals surface area contributed by atoms with Gasteiger partial charge in [-0.25, -0.2) is 0 Å². The molecule has 14 heavy (non-hydrogen) atoms. The minimum absolute atomic E-state index is 0.492. The molecule has 0 heterocycles. The van der Waals surface area contributed by atoms with Crippen molar-refractivity contribution in [1.82, 2.24) is 0 Å². The topological polar surface area (TPSA) is 17.1 Å². The number of hydrogen-bond acceptors (Lipinski definition) is 2. The predicted octanol–water partition coefficient (Wildman–Crippen LogP) is 3.42. The second-order valence-electron chi connectivity index (χ2n) is 4.93. The van der Waals surface area contributed by atoms with E-state index in [0.29, 0.717) is 11.0 Å². The van der Waals surface area contributed by atoms with Gasteiger partial charge in [0, 0.05) is 23.3 Å². The molecule has 0 bridgehead atoms. The van der Waals surface area contributed by atoms with E-state index >= 15 is 0 Å². The monoisotopic (exact) mass is 212 g/mol. The van der Waals surface area contributed by atoms with Gasteiger partial charge in [-0.2, -0.15) is 11.8 Å². The van der Waals surface area contributed by atoms with E-state index in [9.17, 15) is 4.79 Å². The Bertz CT molecular complexity index is 214. The summed E-state index contributed by atoms with van der Waals surface area (Å²) in [5, 5.41) is 1.52. The van der Waals surface area contributed by atoms with Gasteiger partial charge in [0.2, 0.25) is 0 Å². The van der Waals surface area contributed by atoms with Crippen molar-refractivity contribution in [3.63, 3.8) is 0 Å². The van der Waals surface area contributed by atoms with Crippen molar-refractivity contribution < 1.29 is 4.79 Å². The summed E-state index contributed by atoms with van der Waals surface area (Å²) >= 11 is 2.11. The third-order valence-electron chi connectivity index (χ3n) is 3.47. The zero-order chi connectivity index (χ0) is 9.97. The summed E-state index contributed by atoms with van der Waals surface area (Å²) in [6, 6.07) is 0. The fraction of sp³-hybridized carbons (Fsp3) is 0.917. The van der Waals surface area contributed by atoms with Gasteiger partial charge in [-0.3, -0.25) is 4.79 Å². The van der Waals surface area contributed by atoms with E-state index in [1.165, 1.54) is 25.7 Å². The van der Waals surface area contributed by atoms with Crippen LogP contribution in [-0.4, -0.2) is 16.3 Å². The molecule has 0 N–H and O–H groups in total. The van der Waals surface area contributed by atoms with Crippen molar-refractivity contribution in [2.75, 3.05) is 0 Å². The van der Waals surface area contributed by atoms with Crippen molar-refractivity contribution in [3.8, 4) is 0 Å². The second-order valence-corrected chi connectivity index (χ2v) is 6.54. The molecule has 2 saturated carbocycles. The molecule has 1 nitrogen and oxygen atoms in total. The molecule has 2 aliphatic rings. The number of rotatable bonds is 2. The summed E-state index contributed by atoms with van der Waals surface area (Å²) < 4.78 is 0. The maximum atomic E-state index is 11.1. The van der Waals surface area contributed by atoms with Gasteiger partial charge in [0.1, 0.15) is 5.78 Å². The van der Waals surface area contributed by atoms with Crippen molar-refractivity contribution >= 4 is 17.5 Å². The summed E-state index contributed by atoms with van der Waals surface area (Å²) in [6.45, 7) is 2.37. The minimum Gasteiger partial charge on any atom is -0.300 e. The van der Waals surface area contributed by atoms with Gasteiger partial charge >= 0.3 is 0 Å². The average molecular weight is 212 g/mol. The number of Topliss-reactive ketones (excluding diaryl/α,β-unsaturated/α-hetero) is 1. The van der Waals surface area contributed by atoms with E-state index in [-0.39, 0.29) is 0 Å². The molecule has 0 radical (unpaired) electrons. The van der Waals surface area contributed by atoms with Crippen molar-refractivity contribution in [1.29, 1.82) is 0 Å². The van der Waals surface area contributed by atoms with Gasteiger partial charge in [0.05, 0.1) is 0 Å². The molecule has 0 spiro atoms. The molecule has 3 atom stereocenters. The number of thioether (sulfide) groups is 1. The Kier molecular flexibility index (Phi) is 3.53. The van der Waals surface area contributed by atoms with Crippen LogP contribution in [0.3, 0.4) is 0 Å². The maximum Gasteiger partial charge on any atom is 0.134 e. The smallest absolute Gasteiger partial charge is 0.134 e. The van der Waals surface area contributed by atoms with Crippen molar-refractivity contribution in [3.05, 3.63) is 0 Å². The van der Waals surface area contributed by atoms with Gasteiger partial charge in [0.15, 0.2) is 0 Å². The molecule has 2 heteroatoms. The first-order valence-electron chi connectivity index (χ1n) is 5.91. The lowest BCUT2D eigenvalue weighted by molar-refractivity contribution is -0.117. The Morgan fingerprint density at radius 2 is 2.07 bits per heavy atom. The molecule has 0 aromatic heterocycles. The third kappa shape index (κ3) is 2.75. The number of hydrogen-bond donors (Lipinski definition) is 0. The Balaban J connectivity index is 1.76. The summed E-state index contributed by atoms with van der Waals surface area (Å²) in [4.78, 5) is 11.1. The van der Waals surface area contributed by atoms with E-state index in [1.54, 1.807) is 0 Å². The molecular weight excluding hydrogens is 192 g/mol. The van der Waals surface area contributed by atoms with Gasteiger partial charge in [-0.15, -0.1) is 0 Å². The van der Waals surface area contributed by atoms with E-state index in [4.69, 9.17) is 0 Å². The highest BCUT2D eigenvalue weighted by Crippen LogP contribution is 2.38. The first-order chi connectivity index (χ1) is 6.74. The van der Waals surface area contributed by atoms with Crippen LogP contribution >= 0.6 is 11.8 Å². The van der Waals surface area contributed by atoms with Crippen LogP contribution in [0.15, 0.2) is 0 Å². The van der Waals surface area contributed by atoms with Crippen LogP contribution in [-0.2, 0) is 4.79 Å². The van der Waals surface area contributed by atoms with Crippen LogP contribution in [0.1, 0.15) is 51.9 Å². The Morgan fingerprint density at radius 3 is 2.71 bits per heavy atom. The van der Waals surface area contributed by atoms with Crippen LogP contribution in [0.25, 0.3) is 0 Å². The number of carbonyl (C=O) groups is 1. The molecule has 0 aliphatic heterocycles. The van der Waals surface area contributed by atoms with Crippen LogP contribution in [0.2, 0.25) is 0 Å². The predicted molar refractivity (Wildman–Crippen MR) is 61.7 cm³/mol. The van der Waals surface area contributed by atoms with Crippen molar-refractivity contribution in [2.45, 2.75) is 62.4 Å². The summed E-state index contributed by atoms with van der Waals surface area (Å²) in [6.07, 6.45) is 8.44. The fourth-order valence-electron chi connectivity index (χ4n) is 2.67. The van der Waals surface area contributed by atoms with Gasteiger partial charge in [-0.1, -0.05) is 19.8 Å². The number of ketones is 1. The molecule has 0 saturated heterocycles. The first kappa shape index (κ1) is 10.5. The molecule has 2 aliphatic carbocycles. The number of carbonyl (C=O) groups excluding carboxylic acids is 1. The summed E-state index contributed by atoms with van der Waals surface area (Å²) in [5.74, 6) is 1.41. The van der Waals surface area contributed by atoms with Crippen molar-refractivity contribution in [2.24, 2.45) is 5.92 Å². The van der Waals surface area contributed by atoms with Crippen LogP contribution in [0, 0.1) is 5.92 Å². The highest BCUT2D eigenvalue weighted by atomic mass is 32.2. The standard InChI is InChI=1S/C12H20OS/c1-9-3-2-4-11(7-9)14-12-6-5-10(13)8-12/h9,11-12H,2-8H2,1H3. The lowest BCUT2D eigenvalue weighted by Gasteiger charge is -2.28. The molecule has 2 rings (SSSR count). The molecular formula is C12H20OS. The maximum absolute atomic E-state index is 11.1. The Labute approximate surface area is 91.0 Å². The highest BCUT2D eigenvalue weighted by Gasteiger charge is 2.27. The van der Waals surface area contributed by atoms with Crippen LogP contribution in [0.5, 0.6) is 0 Å². The van der Waals surface area contributed by atoms with E-state index in [2.05, 4.69) is 18.7 Å². The second kappa shape index (κ2) is 4.69. The van der Waals surface area contributed by atoms with E-state index < -0.39 is 0 Å². The fourth-order valence-corrected chi connectivity index (χ4v) is 4.49. The third-order valence-corrected chi connectivity index (χ3v) is 5.07. The normalized spacial score (nSPS) is 38.9. The SMILES string of the molecule is CC1CCCC(SC2CCC(=O)C2)C1. The van der Waals surface area contributed by atoms with Gasteiger partial charge in [0.25, 0.3) is 0 Å². The lowest BCUT2D eigenvalue weighted by Crippen LogP contribution is -2.17. The van der Waals surface area contributed by atoms with Crippen LogP contribution in [0.4, 0.5) is 0 Å². The van der Waals surface area contributed by atoms with E-state index in [1.807, 2.05) is 0 Å². The van der Waals surface area contributed by atoms with Gasteiger partial charge in [-0.05, 0) is 25.2 Å². The Morgan fingerprint density at radius 1 is 1.21 bits per heavy atom. The van der Waals surface area contributed by atoms with Crippen LogP contribution < -0.4 is 0 Å². The molecule has 2 fully saturated rings. The average Bonchev–Trinajstić information content (AvgIpc) is 2.51.